The summed E-state index contributed by atoms with van der Waals surface area (Å²) in [6.07, 6.45) is 1.74. The van der Waals surface area contributed by atoms with Gasteiger partial charge in [-0.05, 0) is 42.7 Å². The molecule has 1 aromatic rings. The summed E-state index contributed by atoms with van der Waals surface area (Å²) < 4.78 is 37.6. The molecule has 0 saturated heterocycles. The van der Waals surface area contributed by atoms with Gasteiger partial charge in [0.2, 0.25) is 0 Å². The van der Waals surface area contributed by atoms with Crippen LogP contribution in [-0.4, -0.2) is 31.1 Å². The molecule has 122 valence electrons. The van der Waals surface area contributed by atoms with Gasteiger partial charge in [0.05, 0.1) is 5.56 Å². The largest absolute Gasteiger partial charge is 0.416 e. The molecule has 0 atom stereocenters. The molecule has 0 aliphatic heterocycles. The SMILES string of the molecule is CN(C)/N=C/C=C1\CC/C(=C\c2ccc(C(F)(F)F)cc2)C1=O. The predicted octanol–water partition coefficient (Wildman–Crippen LogP) is 3.93. The maximum atomic E-state index is 12.5. The van der Waals surface area contributed by atoms with Crippen LogP contribution < -0.4 is 0 Å². The average molecular weight is 322 g/mol. The van der Waals surface area contributed by atoms with Crippen molar-refractivity contribution in [3.05, 3.63) is 52.6 Å². The molecular formula is C17H17F3N2O. The van der Waals surface area contributed by atoms with Crippen LogP contribution in [0.25, 0.3) is 6.08 Å². The first-order valence-corrected chi connectivity index (χ1v) is 7.10. The minimum atomic E-state index is -4.35. The smallest absolute Gasteiger partial charge is 0.303 e. The summed E-state index contributed by atoms with van der Waals surface area (Å²) in [4.78, 5) is 12.2. The Morgan fingerprint density at radius 1 is 1.09 bits per heavy atom. The Kier molecular flexibility index (Phi) is 5.03. The van der Waals surface area contributed by atoms with Crippen LogP contribution in [0.2, 0.25) is 0 Å². The highest BCUT2D eigenvalue weighted by Crippen LogP contribution is 2.31. The van der Waals surface area contributed by atoms with Crippen molar-refractivity contribution >= 4 is 18.1 Å². The first-order valence-electron chi connectivity index (χ1n) is 7.10. The standard InChI is InChI=1S/C17H17F3N2O/c1-22(2)21-10-9-13-5-6-14(16(13)23)11-12-3-7-15(8-4-12)17(18,19)20/h3-4,7-11H,5-6H2,1-2H3/b13-9+,14-11+,21-10+. The van der Waals surface area contributed by atoms with E-state index in [1.165, 1.54) is 12.1 Å². The zero-order valence-electron chi connectivity index (χ0n) is 12.9. The van der Waals surface area contributed by atoms with Gasteiger partial charge in [-0.1, -0.05) is 12.1 Å². The maximum absolute atomic E-state index is 12.5. The number of ketones is 1. The number of carbonyl (C=O) groups is 1. The van der Waals surface area contributed by atoms with E-state index in [2.05, 4.69) is 5.10 Å². The number of halogens is 3. The highest BCUT2D eigenvalue weighted by atomic mass is 19.4. The number of benzene rings is 1. The van der Waals surface area contributed by atoms with Crippen LogP contribution in [0.15, 0.2) is 46.6 Å². The fraction of sp³-hybridized carbons (Fsp3) is 0.294. The third-order valence-corrected chi connectivity index (χ3v) is 3.40. The van der Waals surface area contributed by atoms with Gasteiger partial charge in [-0.25, -0.2) is 0 Å². The highest BCUT2D eigenvalue weighted by molar-refractivity contribution is 6.14. The number of hydrazone groups is 1. The molecule has 0 unspecified atom stereocenters. The summed E-state index contributed by atoms with van der Waals surface area (Å²) >= 11 is 0. The molecule has 0 amide bonds. The molecule has 1 aliphatic rings. The van der Waals surface area contributed by atoms with E-state index < -0.39 is 11.7 Å². The van der Waals surface area contributed by atoms with Crippen LogP contribution in [0, 0.1) is 0 Å². The van der Waals surface area contributed by atoms with Gasteiger partial charge in [0.15, 0.2) is 5.78 Å². The Morgan fingerprint density at radius 3 is 2.26 bits per heavy atom. The Balaban J connectivity index is 2.14. The van der Waals surface area contributed by atoms with Crippen LogP contribution >= 0.6 is 0 Å². The van der Waals surface area contributed by atoms with Gasteiger partial charge < -0.3 is 5.01 Å². The van der Waals surface area contributed by atoms with Crippen molar-refractivity contribution < 1.29 is 18.0 Å². The number of hydrogen-bond donors (Lipinski definition) is 0. The summed E-state index contributed by atoms with van der Waals surface area (Å²) in [5.74, 6) is -0.0740. The molecule has 0 aromatic heterocycles. The van der Waals surface area contributed by atoms with Crippen molar-refractivity contribution in [3.63, 3.8) is 0 Å². The fourth-order valence-electron chi connectivity index (χ4n) is 2.23. The van der Waals surface area contributed by atoms with E-state index in [9.17, 15) is 18.0 Å². The molecular weight excluding hydrogens is 305 g/mol. The van der Waals surface area contributed by atoms with Gasteiger partial charge in [-0.15, -0.1) is 0 Å². The summed E-state index contributed by atoms with van der Waals surface area (Å²) in [5, 5.41) is 5.64. The van der Waals surface area contributed by atoms with Crippen LogP contribution in [0.4, 0.5) is 13.2 Å². The van der Waals surface area contributed by atoms with E-state index in [1.54, 1.807) is 37.5 Å². The zero-order chi connectivity index (χ0) is 17.0. The second-order valence-electron chi connectivity index (χ2n) is 5.42. The lowest BCUT2D eigenvalue weighted by Crippen LogP contribution is -2.04. The molecule has 3 nitrogen and oxygen atoms in total. The summed E-state index contributed by atoms with van der Waals surface area (Å²) in [7, 11) is 3.56. The molecule has 1 saturated carbocycles. The number of alkyl halides is 3. The molecule has 0 N–H and O–H groups in total. The first-order chi connectivity index (χ1) is 10.8. The van der Waals surface area contributed by atoms with Gasteiger partial charge in [0, 0.05) is 31.5 Å². The van der Waals surface area contributed by atoms with Crippen molar-refractivity contribution in [1.82, 2.24) is 5.01 Å². The van der Waals surface area contributed by atoms with E-state index in [1.807, 2.05) is 0 Å². The van der Waals surface area contributed by atoms with Gasteiger partial charge in [0.25, 0.3) is 0 Å². The summed E-state index contributed by atoms with van der Waals surface area (Å²) in [6.45, 7) is 0. The topological polar surface area (TPSA) is 32.7 Å². The van der Waals surface area contributed by atoms with Gasteiger partial charge >= 0.3 is 6.18 Å². The minimum absolute atomic E-state index is 0.0740. The molecule has 0 radical (unpaired) electrons. The third kappa shape index (κ3) is 4.55. The zero-order valence-corrected chi connectivity index (χ0v) is 12.9. The van der Waals surface area contributed by atoms with Crippen LogP contribution in [0.1, 0.15) is 24.0 Å². The van der Waals surface area contributed by atoms with E-state index >= 15 is 0 Å². The van der Waals surface area contributed by atoms with Crippen molar-refractivity contribution in [2.75, 3.05) is 14.1 Å². The minimum Gasteiger partial charge on any atom is -0.303 e. The van der Waals surface area contributed by atoms with Crippen LogP contribution in [-0.2, 0) is 11.0 Å². The number of nitrogens with zero attached hydrogens (tertiary/aromatic N) is 2. The maximum Gasteiger partial charge on any atom is 0.416 e. The lowest BCUT2D eigenvalue weighted by Gasteiger charge is -2.06. The molecule has 0 bridgehead atoms. The summed E-state index contributed by atoms with van der Waals surface area (Å²) in [6, 6.07) is 4.79. The molecule has 6 heteroatoms. The highest BCUT2D eigenvalue weighted by Gasteiger charge is 2.30. The van der Waals surface area contributed by atoms with E-state index in [0.29, 0.717) is 29.6 Å². The first kappa shape index (κ1) is 17.0. The predicted molar refractivity (Wildman–Crippen MR) is 83.9 cm³/mol. The number of hydrogen-bond acceptors (Lipinski definition) is 3. The Bertz CT molecular complexity index is 668. The Labute approximate surface area is 132 Å². The fourth-order valence-corrected chi connectivity index (χ4v) is 2.23. The molecule has 0 heterocycles. The van der Waals surface area contributed by atoms with Crippen molar-refractivity contribution in [3.8, 4) is 0 Å². The summed E-state index contributed by atoms with van der Waals surface area (Å²) in [5.41, 5.74) is 1.16. The molecule has 1 fully saturated rings. The number of carbonyl (C=O) groups excluding carboxylic acids is 1. The monoisotopic (exact) mass is 322 g/mol. The Morgan fingerprint density at radius 2 is 1.70 bits per heavy atom. The van der Waals surface area contributed by atoms with E-state index in [-0.39, 0.29) is 5.78 Å². The van der Waals surface area contributed by atoms with Crippen molar-refractivity contribution in [2.24, 2.45) is 5.10 Å². The van der Waals surface area contributed by atoms with Crippen molar-refractivity contribution in [1.29, 1.82) is 0 Å². The molecule has 2 rings (SSSR count). The average Bonchev–Trinajstić information content (AvgIpc) is 2.80. The Hall–Kier alpha value is -2.37. The van der Waals surface area contributed by atoms with Gasteiger partial charge in [0.1, 0.15) is 0 Å². The normalized spacial score (nSPS) is 19.3. The van der Waals surface area contributed by atoms with E-state index in [4.69, 9.17) is 0 Å². The second-order valence-corrected chi connectivity index (χ2v) is 5.42. The molecule has 1 aromatic carbocycles. The van der Waals surface area contributed by atoms with Crippen molar-refractivity contribution in [2.45, 2.75) is 19.0 Å². The third-order valence-electron chi connectivity index (χ3n) is 3.40. The number of Topliss-reactive ketones (excluding diaryl/α,β-unsaturated/α-hetero) is 1. The second kappa shape index (κ2) is 6.81. The molecule has 1 aliphatic carbocycles. The molecule has 0 spiro atoms. The lowest BCUT2D eigenvalue weighted by atomic mass is 10.1. The van der Waals surface area contributed by atoms with E-state index in [0.717, 1.165) is 12.1 Å². The molecule has 23 heavy (non-hydrogen) atoms. The van der Waals surface area contributed by atoms with Gasteiger partial charge in [-0.3, -0.25) is 4.79 Å². The lowest BCUT2D eigenvalue weighted by molar-refractivity contribution is -0.137. The number of allylic oxidation sites excluding steroid dienone is 3. The quantitative estimate of drug-likeness (QED) is 0.480. The van der Waals surface area contributed by atoms with Gasteiger partial charge in [-0.2, -0.15) is 18.3 Å². The number of rotatable bonds is 3. The van der Waals surface area contributed by atoms with Crippen LogP contribution in [0.5, 0.6) is 0 Å². The van der Waals surface area contributed by atoms with Crippen LogP contribution in [0.3, 0.4) is 0 Å².